The van der Waals surface area contributed by atoms with Gasteiger partial charge in [-0.1, -0.05) is 29.4 Å². The second kappa shape index (κ2) is 5.97. The van der Waals surface area contributed by atoms with Crippen molar-refractivity contribution in [1.29, 1.82) is 0 Å². The predicted molar refractivity (Wildman–Crippen MR) is 68.0 cm³/mol. The van der Waals surface area contributed by atoms with Crippen molar-refractivity contribution in [3.63, 3.8) is 0 Å². The van der Waals surface area contributed by atoms with Gasteiger partial charge in [-0.05, 0) is 23.8 Å². The second-order valence-electron chi connectivity index (χ2n) is 3.75. The Kier molecular flexibility index (Phi) is 4.49. The molecule has 106 valence electrons. The van der Waals surface area contributed by atoms with E-state index in [-0.39, 0.29) is 15.9 Å². The van der Waals surface area contributed by atoms with Crippen molar-refractivity contribution in [2.45, 2.75) is 17.1 Å². The standard InChI is InChI=1S/C12H7ClF4N2S/c13-9-5-8(14)2-1-7(9)6-20-11-18-4-3-10(19-11)12(15,16)17/h1-5H,6H2. The molecule has 0 fully saturated rings. The molecule has 0 spiro atoms. The van der Waals surface area contributed by atoms with Crippen LogP contribution in [-0.4, -0.2) is 9.97 Å². The maximum absolute atomic E-state index is 12.9. The average Bonchev–Trinajstić information content (AvgIpc) is 2.37. The fraction of sp³-hybridized carbons (Fsp3) is 0.167. The maximum Gasteiger partial charge on any atom is 0.433 e. The Morgan fingerprint density at radius 3 is 2.60 bits per heavy atom. The summed E-state index contributed by atoms with van der Waals surface area (Å²) in [7, 11) is 0. The average molecular weight is 323 g/mol. The SMILES string of the molecule is Fc1ccc(CSc2nccc(C(F)(F)F)n2)c(Cl)c1. The van der Waals surface area contributed by atoms with Crippen molar-refractivity contribution in [3.8, 4) is 0 Å². The molecule has 1 heterocycles. The molecule has 20 heavy (non-hydrogen) atoms. The summed E-state index contributed by atoms with van der Waals surface area (Å²) in [5.74, 6) is -0.223. The number of hydrogen-bond acceptors (Lipinski definition) is 3. The molecular weight excluding hydrogens is 316 g/mol. The third-order valence-electron chi connectivity index (χ3n) is 2.30. The van der Waals surface area contributed by atoms with Gasteiger partial charge in [0.2, 0.25) is 0 Å². The van der Waals surface area contributed by atoms with Crippen LogP contribution in [0.2, 0.25) is 5.02 Å². The molecule has 0 aliphatic carbocycles. The molecule has 2 nitrogen and oxygen atoms in total. The number of halogens is 5. The summed E-state index contributed by atoms with van der Waals surface area (Å²) in [6, 6.07) is 4.65. The Morgan fingerprint density at radius 1 is 1.20 bits per heavy atom. The Morgan fingerprint density at radius 2 is 1.95 bits per heavy atom. The van der Waals surface area contributed by atoms with E-state index >= 15 is 0 Å². The van der Waals surface area contributed by atoms with E-state index in [2.05, 4.69) is 9.97 Å². The van der Waals surface area contributed by atoms with E-state index in [0.29, 0.717) is 5.56 Å². The number of nitrogens with zero attached hydrogens (tertiary/aromatic N) is 2. The van der Waals surface area contributed by atoms with Crippen LogP contribution >= 0.6 is 23.4 Å². The number of benzene rings is 1. The first-order chi connectivity index (χ1) is 9.36. The molecule has 8 heteroatoms. The summed E-state index contributed by atoms with van der Waals surface area (Å²) in [4.78, 5) is 7.17. The topological polar surface area (TPSA) is 25.8 Å². The summed E-state index contributed by atoms with van der Waals surface area (Å²) in [5.41, 5.74) is -0.403. The number of alkyl halides is 3. The molecule has 0 saturated carbocycles. The smallest absolute Gasteiger partial charge is 0.231 e. The first-order valence-electron chi connectivity index (χ1n) is 5.33. The fourth-order valence-electron chi connectivity index (χ4n) is 1.35. The molecule has 0 aliphatic heterocycles. The summed E-state index contributed by atoms with van der Waals surface area (Å²) in [6.07, 6.45) is -3.46. The Labute approximate surface area is 121 Å². The number of hydrogen-bond donors (Lipinski definition) is 0. The lowest BCUT2D eigenvalue weighted by atomic mass is 10.2. The van der Waals surface area contributed by atoms with Gasteiger partial charge in [0.05, 0.1) is 0 Å². The number of rotatable bonds is 3. The van der Waals surface area contributed by atoms with Crippen LogP contribution in [0.3, 0.4) is 0 Å². The van der Waals surface area contributed by atoms with Gasteiger partial charge < -0.3 is 0 Å². The lowest BCUT2D eigenvalue weighted by Crippen LogP contribution is -2.08. The van der Waals surface area contributed by atoms with Crippen molar-refractivity contribution in [2.75, 3.05) is 0 Å². The van der Waals surface area contributed by atoms with Crippen LogP contribution in [0.15, 0.2) is 35.6 Å². The van der Waals surface area contributed by atoms with Crippen LogP contribution in [0.25, 0.3) is 0 Å². The summed E-state index contributed by atoms with van der Waals surface area (Å²) in [6.45, 7) is 0. The van der Waals surface area contributed by atoms with Crippen LogP contribution in [0.4, 0.5) is 17.6 Å². The van der Waals surface area contributed by atoms with E-state index in [0.717, 1.165) is 30.1 Å². The molecule has 0 aliphatic rings. The van der Waals surface area contributed by atoms with Gasteiger partial charge in [-0.2, -0.15) is 13.2 Å². The van der Waals surface area contributed by atoms with E-state index in [9.17, 15) is 17.6 Å². The van der Waals surface area contributed by atoms with E-state index in [4.69, 9.17) is 11.6 Å². The molecule has 0 radical (unpaired) electrons. The molecule has 0 bridgehead atoms. The molecule has 1 aromatic carbocycles. The van der Waals surface area contributed by atoms with Crippen molar-refractivity contribution in [2.24, 2.45) is 0 Å². The van der Waals surface area contributed by atoms with Gasteiger partial charge in [0.1, 0.15) is 11.5 Å². The number of thioether (sulfide) groups is 1. The molecule has 0 amide bonds. The van der Waals surface area contributed by atoms with Crippen molar-refractivity contribution in [1.82, 2.24) is 9.97 Å². The summed E-state index contributed by atoms with van der Waals surface area (Å²) in [5, 5.41) is 0.199. The fourth-order valence-corrected chi connectivity index (χ4v) is 2.50. The second-order valence-corrected chi connectivity index (χ2v) is 5.10. The highest BCUT2D eigenvalue weighted by atomic mass is 35.5. The van der Waals surface area contributed by atoms with Crippen molar-refractivity contribution in [3.05, 3.63) is 52.6 Å². The predicted octanol–water partition coefficient (Wildman–Crippen LogP) is 4.58. The van der Waals surface area contributed by atoms with Gasteiger partial charge in [0.15, 0.2) is 5.16 Å². The molecule has 2 aromatic rings. The monoisotopic (exact) mass is 322 g/mol. The molecule has 0 N–H and O–H groups in total. The highest BCUT2D eigenvalue weighted by molar-refractivity contribution is 7.98. The lowest BCUT2D eigenvalue weighted by Gasteiger charge is -2.07. The van der Waals surface area contributed by atoms with Crippen LogP contribution in [0, 0.1) is 5.82 Å². The highest BCUT2D eigenvalue weighted by Gasteiger charge is 2.32. The van der Waals surface area contributed by atoms with Crippen molar-refractivity contribution < 1.29 is 17.6 Å². The first-order valence-corrected chi connectivity index (χ1v) is 6.69. The minimum absolute atomic E-state index is 0.0137. The van der Waals surface area contributed by atoms with Gasteiger partial charge in [-0.25, -0.2) is 14.4 Å². The molecule has 0 saturated heterocycles. The van der Waals surface area contributed by atoms with E-state index in [1.807, 2.05) is 0 Å². The zero-order chi connectivity index (χ0) is 14.8. The third kappa shape index (κ3) is 3.83. The van der Waals surface area contributed by atoms with Crippen LogP contribution < -0.4 is 0 Å². The van der Waals surface area contributed by atoms with Gasteiger partial charge in [0, 0.05) is 17.0 Å². The Bertz CT molecular complexity index is 619. The summed E-state index contributed by atoms with van der Waals surface area (Å²) >= 11 is 6.82. The Balaban J connectivity index is 2.11. The molecule has 0 atom stereocenters. The van der Waals surface area contributed by atoms with Crippen LogP contribution in [-0.2, 0) is 11.9 Å². The molecule has 2 rings (SSSR count). The number of aromatic nitrogens is 2. The van der Waals surface area contributed by atoms with Crippen molar-refractivity contribution >= 4 is 23.4 Å². The zero-order valence-electron chi connectivity index (χ0n) is 9.79. The largest absolute Gasteiger partial charge is 0.433 e. The van der Waals surface area contributed by atoms with Crippen LogP contribution in [0.1, 0.15) is 11.3 Å². The minimum atomic E-state index is -4.51. The van der Waals surface area contributed by atoms with Gasteiger partial charge in [0.25, 0.3) is 0 Å². The third-order valence-corrected chi connectivity index (χ3v) is 3.56. The zero-order valence-corrected chi connectivity index (χ0v) is 11.4. The van der Waals surface area contributed by atoms with E-state index in [1.165, 1.54) is 12.1 Å². The maximum atomic E-state index is 12.9. The normalized spacial score (nSPS) is 11.7. The van der Waals surface area contributed by atoms with E-state index < -0.39 is 17.7 Å². The molecular formula is C12H7ClF4N2S. The van der Waals surface area contributed by atoms with E-state index in [1.54, 1.807) is 0 Å². The molecule has 1 aromatic heterocycles. The minimum Gasteiger partial charge on any atom is -0.231 e. The Hall–Kier alpha value is -1.34. The molecule has 0 unspecified atom stereocenters. The first kappa shape index (κ1) is 15.1. The lowest BCUT2D eigenvalue weighted by molar-refractivity contribution is -0.141. The van der Waals surface area contributed by atoms with Gasteiger partial charge in [-0.15, -0.1) is 0 Å². The van der Waals surface area contributed by atoms with Gasteiger partial charge in [-0.3, -0.25) is 0 Å². The highest BCUT2D eigenvalue weighted by Crippen LogP contribution is 2.30. The van der Waals surface area contributed by atoms with Gasteiger partial charge >= 0.3 is 6.18 Å². The quantitative estimate of drug-likeness (QED) is 0.470. The van der Waals surface area contributed by atoms with Crippen LogP contribution in [0.5, 0.6) is 0 Å². The summed E-state index contributed by atoms with van der Waals surface area (Å²) < 4.78 is 50.3.